The number of carboxylic acid groups (broad SMARTS) is 1. The van der Waals surface area contributed by atoms with E-state index in [0.29, 0.717) is 23.6 Å². The lowest BCUT2D eigenvalue weighted by Gasteiger charge is -2.08. The van der Waals surface area contributed by atoms with E-state index >= 15 is 0 Å². The summed E-state index contributed by atoms with van der Waals surface area (Å²) < 4.78 is 20.6. The normalized spacial score (nSPS) is 11.0. The molecule has 1 N–H and O–H groups in total. The first-order chi connectivity index (χ1) is 15.1. The first-order valence-corrected chi connectivity index (χ1v) is 9.62. The van der Waals surface area contributed by atoms with Gasteiger partial charge >= 0.3 is 5.97 Å². The van der Waals surface area contributed by atoms with E-state index in [1.807, 2.05) is 54.6 Å². The van der Waals surface area contributed by atoms with E-state index < -0.39 is 5.97 Å². The third kappa shape index (κ3) is 5.05. The molecular weight excluding hydrogens is 395 g/mol. The Morgan fingerprint density at radius 1 is 1.03 bits per heavy atom. The van der Waals surface area contributed by atoms with E-state index in [2.05, 4.69) is 5.10 Å². The second-order valence-corrected chi connectivity index (χ2v) is 6.83. The van der Waals surface area contributed by atoms with Gasteiger partial charge in [0.05, 0.1) is 5.69 Å². The van der Waals surface area contributed by atoms with Gasteiger partial charge in [0.25, 0.3) is 0 Å². The van der Waals surface area contributed by atoms with Crippen LogP contribution in [-0.2, 0) is 11.4 Å². The van der Waals surface area contributed by atoms with Crippen molar-refractivity contribution in [1.82, 2.24) is 9.78 Å². The highest BCUT2D eigenvalue weighted by atomic mass is 19.1. The molecule has 0 aliphatic rings. The Bertz CT molecular complexity index is 1220. The molecule has 4 rings (SSSR count). The van der Waals surface area contributed by atoms with Crippen LogP contribution >= 0.6 is 0 Å². The maximum Gasteiger partial charge on any atom is 0.328 e. The maximum atomic E-state index is 13.1. The molecular formula is C25H19FN2O3. The number of hydrogen-bond donors (Lipinski definition) is 1. The van der Waals surface area contributed by atoms with Crippen molar-refractivity contribution < 1.29 is 19.0 Å². The van der Waals surface area contributed by atoms with E-state index in [9.17, 15) is 9.18 Å². The van der Waals surface area contributed by atoms with Crippen molar-refractivity contribution in [2.45, 2.75) is 6.61 Å². The molecule has 0 aliphatic carbocycles. The van der Waals surface area contributed by atoms with Gasteiger partial charge in [-0.05, 0) is 48.0 Å². The average Bonchev–Trinajstić information content (AvgIpc) is 3.22. The molecule has 31 heavy (non-hydrogen) atoms. The quantitative estimate of drug-likeness (QED) is 0.414. The Labute approximate surface area is 178 Å². The van der Waals surface area contributed by atoms with Crippen LogP contribution < -0.4 is 4.74 Å². The first-order valence-electron chi connectivity index (χ1n) is 9.62. The predicted octanol–water partition coefficient (Wildman–Crippen LogP) is 5.36. The van der Waals surface area contributed by atoms with Crippen molar-refractivity contribution in [2.24, 2.45) is 0 Å². The SMILES string of the molecule is O=C(O)C=Cc1cn(-c2ccccc2)nc1-c1cccc(OCc2ccc(F)cc2)c1. The van der Waals surface area contributed by atoms with Gasteiger partial charge in [0.2, 0.25) is 0 Å². The van der Waals surface area contributed by atoms with Crippen LogP contribution in [0.15, 0.2) is 91.1 Å². The molecule has 5 nitrogen and oxygen atoms in total. The largest absolute Gasteiger partial charge is 0.489 e. The smallest absolute Gasteiger partial charge is 0.328 e. The van der Waals surface area contributed by atoms with Gasteiger partial charge < -0.3 is 9.84 Å². The van der Waals surface area contributed by atoms with Crippen molar-refractivity contribution in [3.05, 3.63) is 108 Å². The van der Waals surface area contributed by atoms with Gasteiger partial charge in [0, 0.05) is 23.4 Å². The van der Waals surface area contributed by atoms with Crippen LogP contribution in [0.25, 0.3) is 23.0 Å². The minimum atomic E-state index is -1.03. The lowest BCUT2D eigenvalue weighted by molar-refractivity contribution is -0.131. The van der Waals surface area contributed by atoms with Crippen molar-refractivity contribution >= 4 is 12.0 Å². The highest BCUT2D eigenvalue weighted by Gasteiger charge is 2.12. The van der Waals surface area contributed by atoms with Crippen LogP contribution in [0, 0.1) is 5.82 Å². The highest BCUT2D eigenvalue weighted by molar-refractivity contribution is 5.87. The summed E-state index contributed by atoms with van der Waals surface area (Å²) in [6.45, 7) is 0.300. The van der Waals surface area contributed by atoms with Gasteiger partial charge in [-0.25, -0.2) is 13.9 Å². The van der Waals surface area contributed by atoms with Gasteiger partial charge in [-0.3, -0.25) is 0 Å². The molecule has 0 bridgehead atoms. The molecule has 0 aliphatic heterocycles. The summed E-state index contributed by atoms with van der Waals surface area (Å²) in [6.07, 6.45) is 4.40. The van der Waals surface area contributed by atoms with Crippen LogP contribution in [0.4, 0.5) is 4.39 Å². The number of carboxylic acids is 1. The summed E-state index contributed by atoms with van der Waals surface area (Å²) in [4.78, 5) is 11.0. The molecule has 0 saturated carbocycles. The van der Waals surface area contributed by atoms with Crippen molar-refractivity contribution in [1.29, 1.82) is 0 Å². The van der Waals surface area contributed by atoms with Gasteiger partial charge in [-0.15, -0.1) is 0 Å². The average molecular weight is 414 g/mol. The molecule has 0 atom stereocenters. The molecule has 3 aromatic carbocycles. The Morgan fingerprint density at radius 2 is 1.81 bits per heavy atom. The number of ether oxygens (including phenoxy) is 1. The Kier molecular flexibility index (Phi) is 5.89. The van der Waals surface area contributed by atoms with Gasteiger partial charge in [-0.1, -0.05) is 42.5 Å². The minimum absolute atomic E-state index is 0.290. The zero-order valence-corrected chi connectivity index (χ0v) is 16.5. The minimum Gasteiger partial charge on any atom is -0.489 e. The molecule has 0 spiro atoms. The zero-order chi connectivity index (χ0) is 21.6. The number of hydrogen-bond acceptors (Lipinski definition) is 3. The Morgan fingerprint density at radius 3 is 2.55 bits per heavy atom. The maximum absolute atomic E-state index is 13.1. The second-order valence-electron chi connectivity index (χ2n) is 6.83. The summed E-state index contributed by atoms with van der Waals surface area (Å²) in [5.41, 5.74) is 3.81. The lowest BCUT2D eigenvalue weighted by Crippen LogP contribution is -1.96. The standard InChI is InChI=1S/C25H19FN2O3/c26-21-12-9-18(10-13-21)17-31-23-8-4-5-19(15-23)25-20(11-14-24(29)30)16-28(27-25)22-6-2-1-3-7-22/h1-16H,17H2,(H,29,30). The molecule has 0 fully saturated rings. The van der Waals surface area contributed by atoms with E-state index in [0.717, 1.165) is 22.9 Å². The van der Waals surface area contributed by atoms with E-state index in [-0.39, 0.29) is 5.82 Å². The van der Waals surface area contributed by atoms with Crippen molar-refractivity contribution in [3.63, 3.8) is 0 Å². The molecule has 154 valence electrons. The molecule has 0 radical (unpaired) electrons. The summed E-state index contributed by atoms with van der Waals surface area (Å²) >= 11 is 0. The second kappa shape index (κ2) is 9.09. The van der Waals surface area contributed by atoms with Crippen LogP contribution in [0.1, 0.15) is 11.1 Å². The number of nitrogens with zero attached hydrogens (tertiary/aromatic N) is 2. The molecule has 1 aromatic heterocycles. The zero-order valence-electron chi connectivity index (χ0n) is 16.5. The fraction of sp³-hybridized carbons (Fsp3) is 0.0400. The third-order valence-electron chi connectivity index (χ3n) is 4.59. The van der Waals surface area contributed by atoms with Crippen LogP contribution in [-0.4, -0.2) is 20.9 Å². The van der Waals surface area contributed by atoms with Gasteiger partial charge in [0.15, 0.2) is 0 Å². The van der Waals surface area contributed by atoms with Gasteiger partial charge in [-0.2, -0.15) is 5.10 Å². The predicted molar refractivity (Wildman–Crippen MR) is 116 cm³/mol. The molecule has 6 heteroatoms. The summed E-state index contributed by atoms with van der Waals surface area (Å²) in [5, 5.41) is 13.7. The highest BCUT2D eigenvalue weighted by Crippen LogP contribution is 2.28. The number of carbonyl (C=O) groups is 1. The van der Waals surface area contributed by atoms with Crippen LogP contribution in [0.2, 0.25) is 0 Å². The molecule has 0 saturated heterocycles. The lowest BCUT2D eigenvalue weighted by atomic mass is 10.1. The molecule has 4 aromatic rings. The Hall–Kier alpha value is -4.19. The fourth-order valence-corrected chi connectivity index (χ4v) is 3.09. The number of halogens is 1. The molecule has 0 unspecified atom stereocenters. The van der Waals surface area contributed by atoms with E-state index in [1.54, 1.807) is 23.0 Å². The molecule has 1 heterocycles. The topological polar surface area (TPSA) is 64.3 Å². The third-order valence-corrected chi connectivity index (χ3v) is 4.59. The van der Waals surface area contributed by atoms with Crippen molar-refractivity contribution in [2.75, 3.05) is 0 Å². The van der Waals surface area contributed by atoms with Gasteiger partial charge in [0.1, 0.15) is 23.9 Å². The molecule has 0 amide bonds. The Balaban J connectivity index is 1.64. The number of benzene rings is 3. The number of aromatic nitrogens is 2. The van der Waals surface area contributed by atoms with E-state index in [4.69, 9.17) is 9.84 Å². The first kappa shape index (κ1) is 20.1. The number of aliphatic carboxylic acids is 1. The number of para-hydroxylation sites is 1. The van der Waals surface area contributed by atoms with Crippen LogP contribution in [0.3, 0.4) is 0 Å². The van der Waals surface area contributed by atoms with E-state index in [1.165, 1.54) is 18.2 Å². The van der Waals surface area contributed by atoms with Crippen molar-refractivity contribution in [3.8, 4) is 22.7 Å². The fourth-order valence-electron chi connectivity index (χ4n) is 3.09. The number of rotatable bonds is 7. The summed E-state index contributed by atoms with van der Waals surface area (Å²) in [5.74, 6) is -0.694. The monoisotopic (exact) mass is 414 g/mol. The summed E-state index contributed by atoms with van der Waals surface area (Å²) in [6, 6.07) is 23.1. The van der Waals surface area contributed by atoms with Crippen LogP contribution in [0.5, 0.6) is 5.75 Å². The summed E-state index contributed by atoms with van der Waals surface area (Å²) in [7, 11) is 0.